The maximum Gasteiger partial charge on any atom is 0.434 e. The number of rotatable bonds is 2. The molecule has 0 radical (unpaired) electrons. The van der Waals surface area contributed by atoms with E-state index in [1.54, 1.807) is 4.90 Å². The highest BCUT2D eigenvalue weighted by atomic mass is 32.1. The van der Waals surface area contributed by atoms with Gasteiger partial charge in [0.25, 0.3) is 5.91 Å². The van der Waals surface area contributed by atoms with E-state index in [0.717, 1.165) is 24.4 Å². The van der Waals surface area contributed by atoms with Crippen molar-refractivity contribution in [2.24, 2.45) is 0 Å². The van der Waals surface area contributed by atoms with Gasteiger partial charge in [0.15, 0.2) is 0 Å². The largest absolute Gasteiger partial charge is 0.434 e. The second-order valence-electron chi connectivity index (χ2n) is 4.32. The standard InChI is InChI=1S/C10H11N5O3S/c16-9(7-4-11-14-19-7)15-3-1-2-6(5-15)8-12-13-10(17)18-8/h4,6H,1-3,5H2,(H,13,17). The number of nitrogens with one attached hydrogen (secondary N) is 1. The SMILES string of the molecule is O=C(c1cnns1)N1CCCC(c2n[nH]c(=O)o2)C1. The van der Waals surface area contributed by atoms with Gasteiger partial charge in [-0.2, -0.15) is 0 Å². The summed E-state index contributed by atoms with van der Waals surface area (Å²) in [6, 6.07) is 0. The fourth-order valence-electron chi connectivity index (χ4n) is 2.20. The van der Waals surface area contributed by atoms with Crippen LogP contribution >= 0.6 is 11.5 Å². The molecule has 100 valence electrons. The predicted octanol–water partition coefficient (Wildman–Crippen LogP) is 0.234. The van der Waals surface area contributed by atoms with Crippen LogP contribution in [0.4, 0.5) is 0 Å². The average Bonchev–Trinajstić information content (AvgIpc) is 3.09. The van der Waals surface area contributed by atoms with Crippen LogP contribution in [0.2, 0.25) is 0 Å². The molecule has 0 aliphatic carbocycles. The second kappa shape index (κ2) is 4.92. The average molecular weight is 281 g/mol. The zero-order valence-corrected chi connectivity index (χ0v) is 10.7. The number of hydrogen-bond acceptors (Lipinski definition) is 7. The van der Waals surface area contributed by atoms with E-state index < -0.39 is 5.76 Å². The second-order valence-corrected chi connectivity index (χ2v) is 5.11. The summed E-state index contributed by atoms with van der Waals surface area (Å²) in [7, 11) is 0. The van der Waals surface area contributed by atoms with Crippen LogP contribution < -0.4 is 5.76 Å². The number of hydrogen-bond donors (Lipinski definition) is 1. The molecule has 0 saturated carbocycles. The summed E-state index contributed by atoms with van der Waals surface area (Å²) in [6.45, 7) is 1.17. The minimum atomic E-state index is -0.565. The van der Waals surface area contributed by atoms with Crippen molar-refractivity contribution in [3.05, 3.63) is 27.5 Å². The Hall–Kier alpha value is -2.03. The normalized spacial score (nSPS) is 19.6. The van der Waals surface area contributed by atoms with Gasteiger partial charge >= 0.3 is 5.76 Å². The Morgan fingerprint density at radius 1 is 1.58 bits per heavy atom. The van der Waals surface area contributed by atoms with Crippen molar-refractivity contribution in [1.82, 2.24) is 24.7 Å². The molecule has 8 nitrogen and oxygen atoms in total. The first-order valence-electron chi connectivity index (χ1n) is 5.86. The summed E-state index contributed by atoms with van der Waals surface area (Å²) in [5, 5.41) is 9.74. The molecule has 0 aromatic carbocycles. The molecule has 1 amide bonds. The van der Waals surface area contributed by atoms with Crippen molar-refractivity contribution in [3.63, 3.8) is 0 Å². The summed E-state index contributed by atoms with van der Waals surface area (Å²) in [5.41, 5.74) is 0. The number of aromatic nitrogens is 4. The zero-order valence-electron chi connectivity index (χ0n) is 9.90. The van der Waals surface area contributed by atoms with E-state index in [1.165, 1.54) is 6.20 Å². The molecule has 9 heteroatoms. The molecule has 0 bridgehead atoms. The molecule has 1 N–H and O–H groups in total. The smallest absolute Gasteiger partial charge is 0.392 e. The highest BCUT2D eigenvalue weighted by Crippen LogP contribution is 2.25. The van der Waals surface area contributed by atoms with E-state index in [1.807, 2.05) is 0 Å². The van der Waals surface area contributed by atoms with Crippen molar-refractivity contribution in [2.45, 2.75) is 18.8 Å². The first kappa shape index (κ1) is 12.0. The van der Waals surface area contributed by atoms with Crippen molar-refractivity contribution in [3.8, 4) is 0 Å². The number of carbonyl (C=O) groups is 1. The van der Waals surface area contributed by atoms with Gasteiger partial charge in [-0.05, 0) is 24.4 Å². The molecule has 1 aliphatic rings. The van der Waals surface area contributed by atoms with Crippen LogP contribution in [0.5, 0.6) is 0 Å². The molecule has 0 spiro atoms. The van der Waals surface area contributed by atoms with Crippen molar-refractivity contribution < 1.29 is 9.21 Å². The Labute approximate surface area is 111 Å². The topological polar surface area (TPSA) is 105 Å². The van der Waals surface area contributed by atoms with Gasteiger partial charge in [0.1, 0.15) is 4.88 Å². The molecule has 19 heavy (non-hydrogen) atoms. The number of nitrogens with zero attached hydrogens (tertiary/aromatic N) is 4. The molecule has 1 saturated heterocycles. The van der Waals surface area contributed by atoms with Gasteiger partial charge in [-0.3, -0.25) is 4.79 Å². The number of aromatic amines is 1. The fraction of sp³-hybridized carbons (Fsp3) is 0.500. The number of carbonyl (C=O) groups excluding carboxylic acids is 1. The Morgan fingerprint density at radius 3 is 3.16 bits per heavy atom. The van der Waals surface area contributed by atoms with Gasteiger partial charge in [0.05, 0.1) is 12.1 Å². The van der Waals surface area contributed by atoms with Crippen molar-refractivity contribution in [1.29, 1.82) is 0 Å². The summed E-state index contributed by atoms with van der Waals surface area (Å²) in [6.07, 6.45) is 3.16. The van der Waals surface area contributed by atoms with E-state index >= 15 is 0 Å². The van der Waals surface area contributed by atoms with Gasteiger partial charge in [0, 0.05) is 13.1 Å². The van der Waals surface area contributed by atoms with Crippen molar-refractivity contribution in [2.75, 3.05) is 13.1 Å². The van der Waals surface area contributed by atoms with Crippen LogP contribution in [0.1, 0.15) is 34.3 Å². The maximum atomic E-state index is 12.2. The number of amides is 1. The minimum absolute atomic E-state index is 0.0440. The van der Waals surface area contributed by atoms with Gasteiger partial charge in [-0.1, -0.05) is 4.49 Å². The lowest BCUT2D eigenvalue weighted by Gasteiger charge is -2.30. The Balaban J connectivity index is 1.75. The summed E-state index contributed by atoms with van der Waals surface area (Å²) in [4.78, 5) is 25.4. The maximum absolute atomic E-state index is 12.2. The quantitative estimate of drug-likeness (QED) is 0.845. The molecule has 1 aliphatic heterocycles. The molecule has 2 aromatic heterocycles. The summed E-state index contributed by atoms with van der Waals surface area (Å²) < 4.78 is 8.65. The van der Waals surface area contributed by atoms with Crippen molar-refractivity contribution >= 4 is 17.4 Å². The third-order valence-electron chi connectivity index (χ3n) is 3.08. The lowest BCUT2D eigenvalue weighted by Crippen LogP contribution is -2.38. The van der Waals surface area contributed by atoms with E-state index in [2.05, 4.69) is 19.8 Å². The van der Waals surface area contributed by atoms with E-state index in [9.17, 15) is 9.59 Å². The zero-order chi connectivity index (χ0) is 13.2. The van der Waals surface area contributed by atoms with E-state index in [4.69, 9.17) is 4.42 Å². The van der Waals surface area contributed by atoms with Gasteiger partial charge in [-0.15, -0.1) is 10.2 Å². The first-order valence-corrected chi connectivity index (χ1v) is 6.63. The minimum Gasteiger partial charge on any atom is -0.392 e. The lowest BCUT2D eigenvalue weighted by atomic mass is 9.98. The Kier molecular flexibility index (Phi) is 3.11. The third-order valence-corrected chi connectivity index (χ3v) is 3.74. The lowest BCUT2D eigenvalue weighted by molar-refractivity contribution is 0.0702. The highest BCUT2D eigenvalue weighted by Gasteiger charge is 2.29. The van der Waals surface area contributed by atoms with Crippen LogP contribution in [0.25, 0.3) is 0 Å². The number of H-pyrrole nitrogens is 1. The fourth-order valence-corrected chi connectivity index (χ4v) is 2.68. The van der Waals surface area contributed by atoms with Gasteiger partial charge < -0.3 is 9.32 Å². The first-order chi connectivity index (χ1) is 9.24. The molecule has 3 rings (SSSR count). The Bertz CT molecular complexity index is 619. The van der Waals surface area contributed by atoms with E-state index in [-0.39, 0.29) is 11.8 Å². The summed E-state index contributed by atoms with van der Waals surface area (Å²) >= 11 is 1.08. The predicted molar refractivity (Wildman–Crippen MR) is 64.9 cm³/mol. The molecule has 3 heterocycles. The third kappa shape index (κ3) is 2.41. The molecule has 1 fully saturated rings. The molecular weight excluding hydrogens is 270 g/mol. The molecule has 2 aromatic rings. The van der Waals surface area contributed by atoms with Crippen LogP contribution in [-0.4, -0.2) is 43.7 Å². The monoisotopic (exact) mass is 281 g/mol. The molecule has 1 unspecified atom stereocenters. The number of piperidine rings is 1. The van der Waals surface area contributed by atoms with Crippen LogP contribution in [-0.2, 0) is 0 Å². The van der Waals surface area contributed by atoms with Crippen LogP contribution in [0, 0.1) is 0 Å². The van der Waals surface area contributed by atoms with E-state index in [0.29, 0.717) is 23.9 Å². The molecule has 1 atom stereocenters. The molecular formula is C10H11N5O3S. The summed E-state index contributed by atoms with van der Waals surface area (Å²) in [5.74, 6) is -0.329. The highest BCUT2D eigenvalue weighted by molar-refractivity contribution is 7.07. The number of likely N-dealkylation sites (tertiary alicyclic amines) is 1. The van der Waals surface area contributed by atoms with Crippen LogP contribution in [0.3, 0.4) is 0 Å². The van der Waals surface area contributed by atoms with Gasteiger partial charge in [-0.25, -0.2) is 9.89 Å². The van der Waals surface area contributed by atoms with Gasteiger partial charge in [0.2, 0.25) is 5.89 Å². The van der Waals surface area contributed by atoms with Crippen LogP contribution in [0.15, 0.2) is 15.4 Å². The Morgan fingerprint density at radius 2 is 2.47 bits per heavy atom.